The standard InChI is InChI=1S/C14H19N3/c1-9-5-6-12(10(2)7-9)14-11(3)13(8-15-4)16-17-14/h5-7,15H,8H2,1-4H3,(H,16,17). The van der Waals surface area contributed by atoms with Crippen molar-refractivity contribution in [1.82, 2.24) is 15.5 Å². The second kappa shape index (κ2) is 4.72. The van der Waals surface area contributed by atoms with Crippen LogP contribution in [0.5, 0.6) is 0 Å². The number of H-pyrrole nitrogens is 1. The Hall–Kier alpha value is -1.61. The lowest BCUT2D eigenvalue weighted by Crippen LogP contribution is -2.06. The number of aryl methyl sites for hydroxylation is 2. The van der Waals surface area contributed by atoms with Crippen molar-refractivity contribution in [2.24, 2.45) is 0 Å². The van der Waals surface area contributed by atoms with E-state index in [0.717, 1.165) is 17.9 Å². The molecule has 2 rings (SSSR count). The molecule has 0 saturated heterocycles. The second-order valence-corrected chi connectivity index (χ2v) is 4.52. The molecule has 0 aliphatic heterocycles. The van der Waals surface area contributed by atoms with E-state index in [9.17, 15) is 0 Å². The van der Waals surface area contributed by atoms with Crippen LogP contribution in [0, 0.1) is 20.8 Å². The van der Waals surface area contributed by atoms with Gasteiger partial charge in [-0.25, -0.2) is 0 Å². The number of aromatic nitrogens is 2. The highest BCUT2D eigenvalue weighted by atomic mass is 15.1. The molecule has 2 N–H and O–H groups in total. The Bertz CT molecular complexity index is 526. The van der Waals surface area contributed by atoms with Crippen LogP contribution in [0.1, 0.15) is 22.4 Å². The first-order valence-corrected chi connectivity index (χ1v) is 5.89. The Morgan fingerprint density at radius 3 is 2.65 bits per heavy atom. The summed E-state index contributed by atoms with van der Waals surface area (Å²) in [7, 11) is 1.94. The highest BCUT2D eigenvalue weighted by Crippen LogP contribution is 2.26. The number of rotatable bonds is 3. The predicted molar refractivity (Wildman–Crippen MR) is 71.0 cm³/mol. The van der Waals surface area contributed by atoms with Crippen LogP contribution >= 0.6 is 0 Å². The molecule has 2 aromatic rings. The van der Waals surface area contributed by atoms with Crippen LogP contribution in [0.4, 0.5) is 0 Å². The van der Waals surface area contributed by atoms with Crippen LogP contribution in [-0.2, 0) is 6.54 Å². The molecule has 3 heteroatoms. The molecule has 1 heterocycles. The maximum absolute atomic E-state index is 4.43. The van der Waals surface area contributed by atoms with Gasteiger partial charge in [0, 0.05) is 12.1 Å². The first kappa shape index (κ1) is 11.9. The first-order valence-electron chi connectivity index (χ1n) is 5.89. The number of hydrogen-bond donors (Lipinski definition) is 2. The number of hydrogen-bond acceptors (Lipinski definition) is 2. The van der Waals surface area contributed by atoms with Crippen molar-refractivity contribution in [1.29, 1.82) is 0 Å². The Labute approximate surface area is 102 Å². The maximum Gasteiger partial charge on any atom is 0.0955 e. The number of nitrogens with one attached hydrogen (secondary N) is 2. The molecule has 0 spiro atoms. The van der Waals surface area contributed by atoms with E-state index in [0.29, 0.717) is 0 Å². The van der Waals surface area contributed by atoms with Gasteiger partial charge in [-0.15, -0.1) is 0 Å². The second-order valence-electron chi connectivity index (χ2n) is 4.52. The molecule has 90 valence electrons. The highest BCUT2D eigenvalue weighted by Gasteiger charge is 2.11. The summed E-state index contributed by atoms with van der Waals surface area (Å²) >= 11 is 0. The van der Waals surface area contributed by atoms with E-state index >= 15 is 0 Å². The minimum atomic E-state index is 0.823. The van der Waals surface area contributed by atoms with Crippen LogP contribution in [-0.4, -0.2) is 17.2 Å². The van der Waals surface area contributed by atoms with E-state index in [4.69, 9.17) is 0 Å². The lowest BCUT2D eigenvalue weighted by atomic mass is 10.0. The van der Waals surface area contributed by atoms with E-state index in [2.05, 4.69) is 54.5 Å². The van der Waals surface area contributed by atoms with Gasteiger partial charge in [0.1, 0.15) is 0 Å². The lowest BCUT2D eigenvalue weighted by molar-refractivity contribution is 0.779. The summed E-state index contributed by atoms with van der Waals surface area (Å²) in [6, 6.07) is 6.48. The van der Waals surface area contributed by atoms with Crippen LogP contribution < -0.4 is 5.32 Å². The summed E-state index contributed by atoms with van der Waals surface area (Å²) in [5, 5.41) is 10.7. The summed E-state index contributed by atoms with van der Waals surface area (Å²) in [4.78, 5) is 0. The lowest BCUT2D eigenvalue weighted by Gasteiger charge is -2.05. The molecular weight excluding hydrogens is 210 g/mol. The van der Waals surface area contributed by atoms with Crippen molar-refractivity contribution >= 4 is 0 Å². The Morgan fingerprint density at radius 1 is 1.24 bits per heavy atom. The average Bonchev–Trinajstić information content (AvgIpc) is 2.62. The molecule has 1 aromatic carbocycles. The van der Waals surface area contributed by atoms with Gasteiger partial charge in [-0.2, -0.15) is 5.10 Å². The molecule has 3 nitrogen and oxygen atoms in total. The van der Waals surface area contributed by atoms with Crippen molar-refractivity contribution in [2.75, 3.05) is 7.05 Å². The molecule has 0 saturated carbocycles. The van der Waals surface area contributed by atoms with E-state index in [1.165, 1.54) is 22.3 Å². The summed E-state index contributed by atoms with van der Waals surface area (Å²) in [6.07, 6.45) is 0. The fraction of sp³-hybridized carbons (Fsp3) is 0.357. The summed E-state index contributed by atoms with van der Waals surface area (Å²) in [5.41, 5.74) is 7.22. The van der Waals surface area contributed by atoms with E-state index in [1.807, 2.05) is 7.05 Å². The van der Waals surface area contributed by atoms with Crippen LogP contribution in [0.2, 0.25) is 0 Å². The molecule has 0 atom stereocenters. The SMILES string of the molecule is CNCc1[nH]nc(-c2ccc(C)cc2C)c1C. The molecule has 0 bridgehead atoms. The average molecular weight is 229 g/mol. The minimum Gasteiger partial charge on any atom is -0.314 e. The monoisotopic (exact) mass is 229 g/mol. The fourth-order valence-corrected chi connectivity index (χ4v) is 2.12. The van der Waals surface area contributed by atoms with E-state index < -0.39 is 0 Å². The topological polar surface area (TPSA) is 40.7 Å². The molecule has 17 heavy (non-hydrogen) atoms. The Morgan fingerprint density at radius 2 is 2.00 bits per heavy atom. The zero-order chi connectivity index (χ0) is 12.4. The van der Waals surface area contributed by atoms with Gasteiger partial charge in [-0.3, -0.25) is 5.10 Å². The van der Waals surface area contributed by atoms with Gasteiger partial charge in [-0.1, -0.05) is 23.8 Å². The molecule has 0 unspecified atom stereocenters. The molecule has 0 fully saturated rings. The summed E-state index contributed by atoms with van der Waals surface area (Å²) in [6.45, 7) is 7.18. The molecule has 1 aromatic heterocycles. The molecule has 0 amide bonds. The third kappa shape index (κ3) is 2.24. The Kier molecular flexibility index (Phi) is 3.29. The first-order chi connectivity index (χ1) is 8.13. The van der Waals surface area contributed by atoms with Crippen molar-refractivity contribution in [2.45, 2.75) is 27.3 Å². The van der Waals surface area contributed by atoms with Gasteiger partial charge in [0.25, 0.3) is 0 Å². The van der Waals surface area contributed by atoms with Gasteiger partial charge < -0.3 is 5.32 Å². The van der Waals surface area contributed by atoms with E-state index in [-0.39, 0.29) is 0 Å². The number of aromatic amines is 1. The van der Waals surface area contributed by atoms with Crippen molar-refractivity contribution in [3.8, 4) is 11.3 Å². The zero-order valence-corrected chi connectivity index (χ0v) is 10.9. The largest absolute Gasteiger partial charge is 0.314 e. The molecule has 0 radical (unpaired) electrons. The zero-order valence-electron chi connectivity index (χ0n) is 10.9. The van der Waals surface area contributed by atoms with Crippen molar-refractivity contribution in [3.05, 3.63) is 40.6 Å². The quantitative estimate of drug-likeness (QED) is 0.849. The predicted octanol–water partition coefficient (Wildman–Crippen LogP) is 2.72. The number of benzene rings is 1. The van der Waals surface area contributed by atoms with Crippen molar-refractivity contribution in [3.63, 3.8) is 0 Å². The van der Waals surface area contributed by atoms with Gasteiger partial charge >= 0.3 is 0 Å². The highest BCUT2D eigenvalue weighted by molar-refractivity contribution is 5.67. The normalized spacial score (nSPS) is 10.8. The molecular formula is C14H19N3. The van der Waals surface area contributed by atoms with Gasteiger partial charge in [0.15, 0.2) is 0 Å². The van der Waals surface area contributed by atoms with Crippen LogP contribution in [0.25, 0.3) is 11.3 Å². The third-order valence-electron chi connectivity index (χ3n) is 3.10. The van der Waals surface area contributed by atoms with Crippen LogP contribution in [0.15, 0.2) is 18.2 Å². The van der Waals surface area contributed by atoms with Gasteiger partial charge in [0.05, 0.1) is 11.4 Å². The maximum atomic E-state index is 4.43. The van der Waals surface area contributed by atoms with Gasteiger partial charge in [-0.05, 0) is 38.9 Å². The summed E-state index contributed by atoms with van der Waals surface area (Å²) < 4.78 is 0. The van der Waals surface area contributed by atoms with Crippen LogP contribution in [0.3, 0.4) is 0 Å². The minimum absolute atomic E-state index is 0.823. The van der Waals surface area contributed by atoms with Crippen molar-refractivity contribution < 1.29 is 0 Å². The smallest absolute Gasteiger partial charge is 0.0955 e. The Balaban J connectivity index is 2.46. The third-order valence-corrected chi connectivity index (χ3v) is 3.10. The van der Waals surface area contributed by atoms with Gasteiger partial charge in [0.2, 0.25) is 0 Å². The van der Waals surface area contributed by atoms with E-state index in [1.54, 1.807) is 0 Å². The summed E-state index contributed by atoms with van der Waals surface area (Å²) in [5.74, 6) is 0. The molecule has 0 aliphatic rings. The fourth-order valence-electron chi connectivity index (χ4n) is 2.12. The number of nitrogens with zero attached hydrogens (tertiary/aromatic N) is 1. The molecule has 0 aliphatic carbocycles.